The lowest BCUT2D eigenvalue weighted by Crippen LogP contribution is -2.14. The van der Waals surface area contributed by atoms with Gasteiger partial charge in [-0.1, -0.05) is 5.16 Å². The Bertz CT molecular complexity index is 467. The molecule has 0 aliphatic rings. The first-order valence-electron chi connectivity index (χ1n) is 4.19. The summed E-state index contributed by atoms with van der Waals surface area (Å²) in [4.78, 5) is 15.4. The predicted octanol–water partition coefficient (Wildman–Crippen LogP) is 0.904. The van der Waals surface area contributed by atoms with Gasteiger partial charge in [-0.3, -0.25) is 4.79 Å². The molecule has 2 aromatic rings. The smallest absolute Gasteiger partial charge is 0.260 e. The molecular weight excluding hydrogens is 196 g/mol. The summed E-state index contributed by atoms with van der Waals surface area (Å²) in [5.41, 5.74) is 5.84. The number of nitrogen functional groups attached to an aromatic ring is 1. The second-order valence-electron chi connectivity index (χ2n) is 2.78. The molecule has 0 saturated carbocycles. The third-order valence-corrected chi connectivity index (χ3v) is 1.76. The minimum Gasteiger partial charge on any atom is -0.383 e. The summed E-state index contributed by atoms with van der Waals surface area (Å²) in [6.07, 6.45) is 2.88. The van der Waals surface area contributed by atoms with Gasteiger partial charge in [-0.15, -0.1) is 0 Å². The van der Waals surface area contributed by atoms with Crippen molar-refractivity contribution in [2.75, 3.05) is 11.1 Å². The average molecular weight is 204 g/mol. The molecular formula is C9H8N4O2. The normalized spacial score (nSPS) is 9.87. The number of amides is 1. The van der Waals surface area contributed by atoms with E-state index in [0.29, 0.717) is 11.4 Å². The highest BCUT2D eigenvalue weighted by Crippen LogP contribution is 2.10. The number of anilines is 2. The van der Waals surface area contributed by atoms with E-state index in [1.54, 1.807) is 12.1 Å². The van der Waals surface area contributed by atoms with Gasteiger partial charge in [0.25, 0.3) is 5.91 Å². The van der Waals surface area contributed by atoms with Crippen molar-refractivity contribution in [2.24, 2.45) is 0 Å². The Balaban J connectivity index is 2.19. The molecule has 0 saturated heterocycles. The SMILES string of the molecule is Nc1ncccc1C(=O)Nc1ccon1. The zero-order valence-corrected chi connectivity index (χ0v) is 7.68. The van der Waals surface area contributed by atoms with Crippen molar-refractivity contribution in [2.45, 2.75) is 0 Å². The lowest BCUT2D eigenvalue weighted by atomic mass is 10.2. The zero-order valence-electron chi connectivity index (χ0n) is 7.68. The van der Waals surface area contributed by atoms with Crippen molar-refractivity contribution >= 4 is 17.5 Å². The van der Waals surface area contributed by atoms with Gasteiger partial charge < -0.3 is 15.6 Å². The Hall–Kier alpha value is -2.37. The number of hydrogen-bond acceptors (Lipinski definition) is 5. The number of nitrogens with one attached hydrogen (secondary N) is 1. The Morgan fingerprint density at radius 1 is 1.47 bits per heavy atom. The molecule has 1 amide bonds. The third-order valence-electron chi connectivity index (χ3n) is 1.76. The number of pyridine rings is 1. The van der Waals surface area contributed by atoms with Crippen LogP contribution in [0.25, 0.3) is 0 Å². The van der Waals surface area contributed by atoms with Crippen LogP contribution in [0.1, 0.15) is 10.4 Å². The van der Waals surface area contributed by atoms with Gasteiger partial charge in [-0.05, 0) is 12.1 Å². The zero-order chi connectivity index (χ0) is 10.7. The van der Waals surface area contributed by atoms with Crippen molar-refractivity contribution in [1.29, 1.82) is 0 Å². The van der Waals surface area contributed by atoms with Crippen LogP contribution in [-0.2, 0) is 0 Å². The van der Waals surface area contributed by atoms with Gasteiger partial charge in [-0.2, -0.15) is 0 Å². The molecule has 3 N–H and O–H groups in total. The van der Waals surface area contributed by atoms with Gasteiger partial charge in [0.05, 0.1) is 5.56 Å². The van der Waals surface area contributed by atoms with E-state index in [1.807, 2.05) is 0 Å². The monoisotopic (exact) mass is 204 g/mol. The van der Waals surface area contributed by atoms with Crippen LogP contribution in [0.4, 0.5) is 11.6 Å². The standard InChI is InChI=1S/C9H8N4O2/c10-8-6(2-1-4-11-8)9(14)12-7-3-5-15-13-7/h1-5H,(H2,10,11)(H,12,13,14). The largest absolute Gasteiger partial charge is 0.383 e. The van der Waals surface area contributed by atoms with Crippen LogP contribution < -0.4 is 11.1 Å². The number of carbonyl (C=O) groups excluding carboxylic acids is 1. The molecule has 0 aromatic carbocycles. The minimum absolute atomic E-state index is 0.179. The lowest BCUT2D eigenvalue weighted by Gasteiger charge is -2.02. The van der Waals surface area contributed by atoms with Crippen LogP contribution >= 0.6 is 0 Å². The summed E-state index contributed by atoms with van der Waals surface area (Å²) in [6, 6.07) is 4.75. The molecule has 0 unspecified atom stereocenters. The lowest BCUT2D eigenvalue weighted by molar-refractivity contribution is 0.102. The first-order chi connectivity index (χ1) is 7.27. The molecule has 2 heterocycles. The van der Waals surface area contributed by atoms with Crippen LogP contribution in [0, 0.1) is 0 Å². The molecule has 0 aliphatic heterocycles. The number of rotatable bonds is 2. The Morgan fingerprint density at radius 3 is 3.00 bits per heavy atom. The molecule has 0 aliphatic carbocycles. The van der Waals surface area contributed by atoms with Gasteiger partial charge in [-0.25, -0.2) is 4.98 Å². The maximum atomic E-state index is 11.6. The molecule has 0 radical (unpaired) electrons. The summed E-state index contributed by atoms with van der Waals surface area (Å²) in [7, 11) is 0. The van der Waals surface area contributed by atoms with E-state index in [0.717, 1.165) is 0 Å². The molecule has 6 heteroatoms. The Kier molecular flexibility index (Phi) is 2.32. The number of nitrogens with zero attached hydrogens (tertiary/aromatic N) is 2. The number of nitrogens with two attached hydrogens (primary N) is 1. The number of aromatic nitrogens is 2. The van der Waals surface area contributed by atoms with Crippen molar-refractivity contribution in [1.82, 2.24) is 10.1 Å². The summed E-state index contributed by atoms with van der Waals surface area (Å²) in [6.45, 7) is 0. The molecule has 76 valence electrons. The van der Waals surface area contributed by atoms with E-state index in [9.17, 15) is 4.79 Å². The summed E-state index contributed by atoms with van der Waals surface area (Å²) >= 11 is 0. The van der Waals surface area contributed by atoms with E-state index in [1.165, 1.54) is 18.5 Å². The predicted molar refractivity (Wildman–Crippen MR) is 53.1 cm³/mol. The minimum atomic E-state index is -0.366. The van der Waals surface area contributed by atoms with Crippen LogP contribution in [0.2, 0.25) is 0 Å². The molecule has 0 spiro atoms. The van der Waals surface area contributed by atoms with E-state index in [4.69, 9.17) is 5.73 Å². The number of carbonyl (C=O) groups is 1. The highest BCUT2D eigenvalue weighted by molar-refractivity contribution is 6.06. The van der Waals surface area contributed by atoms with Crippen LogP contribution in [0.5, 0.6) is 0 Å². The van der Waals surface area contributed by atoms with Crippen molar-refractivity contribution in [3.63, 3.8) is 0 Å². The topological polar surface area (TPSA) is 94.0 Å². The fraction of sp³-hybridized carbons (Fsp3) is 0. The van der Waals surface area contributed by atoms with Gasteiger partial charge >= 0.3 is 0 Å². The van der Waals surface area contributed by atoms with Gasteiger partial charge in [0.1, 0.15) is 12.1 Å². The molecule has 15 heavy (non-hydrogen) atoms. The molecule has 2 rings (SSSR count). The Morgan fingerprint density at radius 2 is 2.33 bits per heavy atom. The van der Waals surface area contributed by atoms with Crippen LogP contribution in [-0.4, -0.2) is 16.0 Å². The molecule has 6 nitrogen and oxygen atoms in total. The summed E-state index contributed by atoms with van der Waals surface area (Å²) in [5.74, 6) is 0.149. The quantitative estimate of drug-likeness (QED) is 0.758. The fourth-order valence-corrected chi connectivity index (χ4v) is 1.07. The summed E-state index contributed by atoms with van der Waals surface area (Å²) < 4.78 is 4.57. The number of hydrogen-bond donors (Lipinski definition) is 2. The van der Waals surface area contributed by atoms with Gasteiger partial charge in [0.2, 0.25) is 0 Å². The van der Waals surface area contributed by atoms with E-state index < -0.39 is 0 Å². The highest BCUT2D eigenvalue weighted by Gasteiger charge is 2.10. The second-order valence-corrected chi connectivity index (χ2v) is 2.78. The molecule has 0 atom stereocenters. The van der Waals surface area contributed by atoms with E-state index in [2.05, 4.69) is 20.0 Å². The van der Waals surface area contributed by atoms with Crippen molar-refractivity contribution in [3.8, 4) is 0 Å². The molecule has 0 bridgehead atoms. The van der Waals surface area contributed by atoms with Crippen LogP contribution in [0.15, 0.2) is 35.2 Å². The van der Waals surface area contributed by atoms with Crippen LogP contribution in [0.3, 0.4) is 0 Å². The first-order valence-corrected chi connectivity index (χ1v) is 4.19. The van der Waals surface area contributed by atoms with Crippen molar-refractivity contribution in [3.05, 3.63) is 36.2 Å². The van der Waals surface area contributed by atoms with E-state index in [-0.39, 0.29) is 11.7 Å². The first kappa shape index (κ1) is 9.20. The summed E-state index contributed by atoms with van der Waals surface area (Å²) in [5, 5.41) is 6.06. The second kappa shape index (κ2) is 3.79. The fourth-order valence-electron chi connectivity index (χ4n) is 1.07. The van der Waals surface area contributed by atoms with Gasteiger partial charge in [0, 0.05) is 12.3 Å². The van der Waals surface area contributed by atoms with Crippen molar-refractivity contribution < 1.29 is 9.32 Å². The van der Waals surface area contributed by atoms with Gasteiger partial charge in [0.15, 0.2) is 5.82 Å². The Labute approximate surface area is 85.1 Å². The third kappa shape index (κ3) is 1.93. The molecule has 0 fully saturated rings. The maximum Gasteiger partial charge on any atom is 0.260 e. The average Bonchev–Trinajstić information content (AvgIpc) is 2.71. The highest BCUT2D eigenvalue weighted by atomic mass is 16.5. The molecule has 2 aromatic heterocycles. The van der Waals surface area contributed by atoms with E-state index >= 15 is 0 Å². The maximum absolute atomic E-state index is 11.6.